The first-order valence-corrected chi connectivity index (χ1v) is 7.86. The van der Waals surface area contributed by atoms with Crippen molar-refractivity contribution in [2.24, 2.45) is 0 Å². The first kappa shape index (κ1) is 18.7. The highest BCUT2D eigenvalue weighted by Crippen LogP contribution is 2.13. The summed E-state index contributed by atoms with van der Waals surface area (Å²) >= 11 is 0. The van der Waals surface area contributed by atoms with Gasteiger partial charge in [0.1, 0.15) is 11.8 Å². The Morgan fingerprint density at radius 2 is 2.00 bits per heavy atom. The van der Waals surface area contributed by atoms with E-state index in [1.165, 1.54) is 12.2 Å². The number of ether oxygens (including phenoxy) is 1. The van der Waals surface area contributed by atoms with Gasteiger partial charge in [0.2, 0.25) is 5.91 Å². The van der Waals surface area contributed by atoms with Crippen LogP contribution in [0.3, 0.4) is 0 Å². The molecule has 0 aliphatic heterocycles. The van der Waals surface area contributed by atoms with Gasteiger partial charge in [-0.3, -0.25) is 4.79 Å². The summed E-state index contributed by atoms with van der Waals surface area (Å²) in [6.07, 6.45) is 2.94. The summed E-state index contributed by atoms with van der Waals surface area (Å²) in [7, 11) is 1.55. The maximum absolute atomic E-state index is 12.0. The second kappa shape index (κ2) is 9.04. The Morgan fingerprint density at radius 3 is 2.62 bits per heavy atom. The number of hydrogen-bond donors (Lipinski definition) is 2. The molecule has 1 atom stereocenters. The lowest BCUT2D eigenvalue weighted by atomic mass is 10.1. The van der Waals surface area contributed by atoms with E-state index in [0.29, 0.717) is 16.9 Å². The molecular formula is C20H18N2O4. The molecule has 0 saturated heterocycles. The number of carboxylic acid groups (broad SMARTS) is 1. The lowest BCUT2D eigenvalue weighted by Crippen LogP contribution is -2.41. The van der Waals surface area contributed by atoms with Gasteiger partial charge >= 0.3 is 5.97 Å². The van der Waals surface area contributed by atoms with Crippen LogP contribution < -0.4 is 10.1 Å². The molecule has 0 heterocycles. The number of carboxylic acids is 1. The Labute approximate surface area is 151 Å². The number of nitrogens with one attached hydrogen (secondary N) is 1. The van der Waals surface area contributed by atoms with Crippen molar-refractivity contribution < 1.29 is 19.4 Å². The zero-order chi connectivity index (χ0) is 18.9. The summed E-state index contributed by atoms with van der Waals surface area (Å²) in [5, 5.41) is 20.7. The van der Waals surface area contributed by atoms with Crippen LogP contribution in [0.25, 0.3) is 6.08 Å². The van der Waals surface area contributed by atoms with Crippen LogP contribution in [0.4, 0.5) is 0 Å². The normalized spacial score (nSPS) is 11.5. The SMILES string of the molecule is COc1ccc(C[C@H](NC(=O)C=Cc2cccc(C#N)c2)C(=O)O)cc1. The molecule has 2 aromatic rings. The van der Waals surface area contributed by atoms with Gasteiger partial charge in [-0.05, 0) is 41.5 Å². The van der Waals surface area contributed by atoms with Gasteiger partial charge in [0, 0.05) is 12.5 Å². The monoisotopic (exact) mass is 350 g/mol. The predicted octanol–water partition coefficient (Wildman–Crippen LogP) is 2.39. The molecule has 0 aromatic heterocycles. The Bertz CT molecular complexity index is 851. The maximum atomic E-state index is 12.0. The Kier molecular flexibility index (Phi) is 6.52. The van der Waals surface area contributed by atoms with Gasteiger partial charge < -0.3 is 15.2 Å². The molecule has 0 bridgehead atoms. The molecule has 6 heteroatoms. The molecule has 0 unspecified atom stereocenters. The molecule has 2 aromatic carbocycles. The minimum atomic E-state index is -1.12. The summed E-state index contributed by atoms with van der Waals surface area (Å²) in [5.41, 5.74) is 1.93. The summed E-state index contributed by atoms with van der Waals surface area (Å²) in [6, 6.07) is 14.7. The number of rotatable bonds is 7. The maximum Gasteiger partial charge on any atom is 0.326 e. The average molecular weight is 350 g/mol. The van der Waals surface area contributed by atoms with Gasteiger partial charge in [-0.1, -0.05) is 24.3 Å². The van der Waals surface area contributed by atoms with Crippen molar-refractivity contribution in [2.45, 2.75) is 12.5 Å². The van der Waals surface area contributed by atoms with Gasteiger partial charge in [0.15, 0.2) is 0 Å². The van der Waals surface area contributed by atoms with Crippen LogP contribution in [0.5, 0.6) is 5.75 Å². The fourth-order valence-corrected chi connectivity index (χ4v) is 2.30. The fourth-order valence-electron chi connectivity index (χ4n) is 2.30. The number of methoxy groups -OCH3 is 1. The molecule has 26 heavy (non-hydrogen) atoms. The Balaban J connectivity index is 2.01. The average Bonchev–Trinajstić information content (AvgIpc) is 2.66. The topological polar surface area (TPSA) is 99.4 Å². The molecule has 2 N–H and O–H groups in total. The van der Waals surface area contributed by atoms with Gasteiger partial charge in [0.05, 0.1) is 18.7 Å². The third-order valence-corrected chi connectivity index (χ3v) is 3.66. The third-order valence-electron chi connectivity index (χ3n) is 3.66. The molecule has 1 amide bonds. The van der Waals surface area contributed by atoms with E-state index >= 15 is 0 Å². The highest BCUT2D eigenvalue weighted by Gasteiger charge is 2.19. The van der Waals surface area contributed by atoms with Gasteiger partial charge in [-0.2, -0.15) is 5.26 Å². The van der Waals surface area contributed by atoms with E-state index in [0.717, 1.165) is 5.56 Å². The molecule has 0 saturated carbocycles. The summed E-state index contributed by atoms with van der Waals surface area (Å²) in [5.74, 6) is -0.963. The van der Waals surface area contributed by atoms with Crippen LogP contribution in [0.15, 0.2) is 54.6 Å². The van der Waals surface area contributed by atoms with Crippen LogP contribution in [0.2, 0.25) is 0 Å². The minimum absolute atomic E-state index is 0.156. The smallest absolute Gasteiger partial charge is 0.326 e. The number of nitriles is 1. The molecule has 0 aliphatic rings. The highest BCUT2D eigenvalue weighted by atomic mass is 16.5. The standard InChI is InChI=1S/C20H18N2O4/c1-26-17-8-5-15(6-9-17)12-18(20(24)25)22-19(23)10-7-14-3-2-4-16(11-14)13-21/h2-11,18H,12H2,1H3,(H,22,23)(H,24,25)/t18-/m0/s1. The van der Waals surface area contributed by atoms with Crippen LogP contribution >= 0.6 is 0 Å². The van der Waals surface area contributed by atoms with Crippen molar-refractivity contribution in [2.75, 3.05) is 7.11 Å². The van der Waals surface area contributed by atoms with E-state index in [2.05, 4.69) is 5.32 Å². The minimum Gasteiger partial charge on any atom is -0.497 e. The van der Waals surface area contributed by atoms with Crippen molar-refractivity contribution >= 4 is 18.0 Å². The zero-order valence-corrected chi connectivity index (χ0v) is 14.2. The Morgan fingerprint density at radius 1 is 1.27 bits per heavy atom. The molecular weight excluding hydrogens is 332 g/mol. The quantitative estimate of drug-likeness (QED) is 0.747. The van der Waals surface area contributed by atoms with Crippen LogP contribution in [-0.2, 0) is 16.0 Å². The van der Waals surface area contributed by atoms with E-state index in [-0.39, 0.29) is 6.42 Å². The van der Waals surface area contributed by atoms with Crippen molar-refractivity contribution in [1.29, 1.82) is 5.26 Å². The summed E-state index contributed by atoms with van der Waals surface area (Å²) < 4.78 is 5.06. The molecule has 0 fully saturated rings. The van der Waals surface area contributed by atoms with E-state index < -0.39 is 17.9 Å². The van der Waals surface area contributed by atoms with Crippen LogP contribution in [0, 0.1) is 11.3 Å². The van der Waals surface area contributed by atoms with Gasteiger partial charge in [0.25, 0.3) is 0 Å². The number of amides is 1. The van der Waals surface area contributed by atoms with E-state index in [4.69, 9.17) is 10.00 Å². The second-order valence-electron chi connectivity index (χ2n) is 5.52. The molecule has 0 radical (unpaired) electrons. The van der Waals surface area contributed by atoms with Crippen LogP contribution in [-0.4, -0.2) is 30.1 Å². The molecule has 0 aliphatic carbocycles. The van der Waals surface area contributed by atoms with Crippen molar-refractivity contribution in [3.05, 3.63) is 71.3 Å². The number of carbonyl (C=O) groups excluding carboxylic acids is 1. The second-order valence-corrected chi connectivity index (χ2v) is 5.52. The van der Waals surface area contributed by atoms with Crippen LogP contribution in [0.1, 0.15) is 16.7 Å². The van der Waals surface area contributed by atoms with E-state index in [1.807, 2.05) is 6.07 Å². The lowest BCUT2D eigenvalue weighted by Gasteiger charge is -2.13. The van der Waals surface area contributed by atoms with E-state index in [1.54, 1.807) is 55.6 Å². The first-order chi connectivity index (χ1) is 12.5. The number of aliphatic carboxylic acids is 1. The molecule has 132 valence electrons. The van der Waals surface area contributed by atoms with Crippen molar-refractivity contribution in [3.8, 4) is 11.8 Å². The summed E-state index contributed by atoms with van der Waals surface area (Å²) in [6.45, 7) is 0. The van der Waals surface area contributed by atoms with E-state index in [9.17, 15) is 14.7 Å². The lowest BCUT2D eigenvalue weighted by molar-refractivity contribution is -0.141. The molecule has 0 spiro atoms. The number of hydrogen-bond acceptors (Lipinski definition) is 4. The number of carbonyl (C=O) groups is 2. The largest absolute Gasteiger partial charge is 0.497 e. The predicted molar refractivity (Wildman–Crippen MR) is 96.5 cm³/mol. The summed E-state index contributed by atoms with van der Waals surface area (Å²) in [4.78, 5) is 23.5. The van der Waals surface area contributed by atoms with Gasteiger partial charge in [-0.15, -0.1) is 0 Å². The number of nitrogens with zero attached hydrogens (tertiary/aromatic N) is 1. The third kappa shape index (κ3) is 5.49. The first-order valence-electron chi connectivity index (χ1n) is 7.86. The molecule has 2 rings (SSSR count). The van der Waals surface area contributed by atoms with Gasteiger partial charge in [-0.25, -0.2) is 4.79 Å². The zero-order valence-electron chi connectivity index (χ0n) is 14.2. The molecule has 6 nitrogen and oxygen atoms in total. The highest BCUT2D eigenvalue weighted by molar-refractivity contribution is 5.94. The Hall–Kier alpha value is -3.59. The number of benzene rings is 2. The fraction of sp³-hybridized carbons (Fsp3) is 0.150. The van der Waals surface area contributed by atoms with Crippen molar-refractivity contribution in [3.63, 3.8) is 0 Å². The van der Waals surface area contributed by atoms with Crippen molar-refractivity contribution in [1.82, 2.24) is 5.32 Å².